The number of hydrogen-bond acceptors (Lipinski definition) is 3. The van der Waals surface area contributed by atoms with Crippen LogP contribution in [-0.2, 0) is 6.42 Å². The minimum atomic E-state index is -0.384. The van der Waals surface area contributed by atoms with E-state index in [4.69, 9.17) is 11.6 Å². The second-order valence-electron chi connectivity index (χ2n) is 3.72. The van der Waals surface area contributed by atoms with Gasteiger partial charge in [0.1, 0.15) is 0 Å². The molecular formula is C11H15ClN2O2. The molecule has 5 heteroatoms. The first-order chi connectivity index (χ1) is 7.56. The molecule has 4 nitrogen and oxygen atoms in total. The third-order valence-corrected chi connectivity index (χ3v) is 2.97. The highest BCUT2D eigenvalue weighted by atomic mass is 35.5. The van der Waals surface area contributed by atoms with E-state index in [1.165, 1.54) is 6.07 Å². The minimum absolute atomic E-state index is 0.107. The topological polar surface area (TPSA) is 55.2 Å². The monoisotopic (exact) mass is 242 g/mol. The third kappa shape index (κ3) is 3.18. The smallest absolute Gasteiger partial charge is 0.274 e. The quantitative estimate of drug-likeness (QED) is 0.638. The van der Waals surface area contributed by atoms with Gasteiger partial charge in [-0.25, -0.2) is 0 Å². The van der Waals surface area contributed by atoms with Crippen molar-refractivity contribution in [3.8, 4) is 0 Å². The third-order valence-electron chi connectivity index (χ3n) is 2.61. The molecule has 0 heterocycles. The highest BCUT2D eigenvalue weighted by molar-refractivity contribution is 6.31. The molecule has 0 bridgehead atoms. The van der Waals surface area contributed by atoms with Crippen LogP contribution in [0.2, 0.25) is 5.02 Å². The van der Waals surface area contributed by atoms with E-state index in [-0.39, 0.29) is 10.6 Å². The van der Waals surface area contributed by atoms with Crippen LogP contribution in [0.25, 0.3) is 0 Å². The fourth-order valence-corrected chi connectivity index (χ4v) is 1.74. The number of nitrogens with zero attached hydrogens (tertiary/aromatic N) is 1. The summed E-state index contributed by atoms with van der Waals surface area (Å²) >= 11 is 5.98. The number of halogens is 1. The van der Waals surface area contributed by atoms with Gasteiger partial charge in [0.25, 0.3) is 5.69 Å². The van der Waals surface area contributed by atoms with Crippen molar-refractivity contribution in [2.24, 2.45) is 0 Å². The normalized spacial score (nSPS) is 12.4. The SMILES string of the molecule is CNC(C)CCc1c(Cl)cccc1[N+](=O)[O-]. The lowest BCUT2D eigenvalue weighted by molar-refractivity contribution is -0.385. The van der Waals surface area contributed by atoms with Crippen molar-refractivity contribution in [3.05, 3.63) is 38.9 Å². The molecule has 0 saturated heterocycles. The van der Waals surface area contributed by atoms with E-state index in [1.54, 1.807) is 12.1 Å². The lowest BCUT2D eigenvalue weighted by Crippen LogP contribution is -2.21. The van der Waals surface area contributed by atoms with Gasteiger partial charge < -0.3 is 5.32 Å². The van der Waals surface area contributed by atoms with Gasteiger partial charge in [0.15, 0.2) is 0 Å². The fraction of sp³-hybridized carbons (Fsp3) is 0.455. The zero-order chi connectivity index (χ0) is 12.1. The van der Waals surface area contributed by atoms with Gasteiger partial charge in [-0.1, -0.05) is 17.7 Å². The Morgan fingerprint density at radius 1 is 1.56 bits per heavy atom. The predicted octanol–water partition coefficient (Wildman–Crippen LogP) is 2.79. The Bertz CT molecular complexity index is 382. The van der Waals surface area contributed by atoms with Crippen molar-refractivity contribution in [2.45, 2.75) is 25.8 Å². The molecule has 1 aromatic rings. The average molecular weight is 243 g/mol. The van der Waals surface area contributed by atoms with Crippen molar-refractivity contribution in [1.82, 2.24) is 5.32 Å². The molecule has 88 valence electrons. The minimum Gasteiger partial charge on any atom is -0.317 e. The van der Waals surface area contributed by atoms with E-state index < -0.39 is 0 Å². The maximum Gasteiger partial charge on any atom is 0.274 e. The highest BCUT2D eigenvalue weighted by Gasteiger charge is 2.16. The number of nitro groups is 1. The Hall–Kier alpha value is -1.13. The molecule has 1 N–H and O–H groups in total. The summed E-state index contributed by atoms with van der Waals surface area (Å²) in [6.07, 6.45) is 1.43. The molecule has 0 aliphatic heterocycles. The van der Waals surface area contributed by atoms with Crippen molar-refractivity contribution >= 4 is 17.3 Å². The van der Waals surface area contributed by atoms with Crippen LogP contribution in [0.4, 0.5) is 5.69 Å². The molecule has 0 fully saturated rings. The van der Waals surface area contributed by atoms with Gasteiger partial charge >= 0.3 is 0 Å². The van der Waals surface area contributed by atoms with Crippen molar-refractivity contribution in [1.29, 1.82) is 0 Å². The highest BCUT2D eigenvalue weighted by Crippen LogP contribution is 2.27. The van der Waals surface area contributed by atoms with Gasteiger partial charge in [-0.15, -0.1) is 0 Å². The van der Waals surface area contributed by atoms with E-state index in [2.05, 4.69) is 5.32 Å². The summed E-state index contributed by atoms with van der Waals surface area (Å²) in [5.74, 6) is 0. The number of hydrogen-bond donors (Lipinski definition) is 1. The summed E-state index contributed by atoms with van der Waals surface area (Å²) < 4.78 is 0. The second-order valence-corrected chi connectivity index (χ2v) is 4.13. The number of benzene rings is 1. The van der Waals surface area contributed by atoms with Gasteiger partial charge in [0.05, 0.1) is 9.95 Å². The number of rotatable bonds is 5. The van der Waals surface area contributed by atoms with E-state index in [0.29, 0.717) is 23.0 Å². The van der Waals surface area contributed by atoms with Gasteiger partial charge in [0.2, 0.25) is 0 Å². The molecule has 16 heavy (non-hydrogen) atoms. The van der Waals surface area contributed by atoms with Crippen molar-refractivity contribution in [2.75, 3.05) is 7.05 Å². The first-order valence-electron chi connectivity index (χ1n) is 5.15. The van der Waals surface area contributed by atoms with E-state index in [0.717, 1.165) is 6.42 Å². The molecule has 0 radical (unpaired) electrons. The molecule has 0 aliphatic carbocycles. The largest absolute Gasteiger partial charge is 0.317 e. The molecule has 0 spiro atoms. The molecule has 1 aromatic carbocycles. The summed E-state index contributed by atoms with van der Waals surface area (Å²) in [5.41, 5.74) is 0.729. The van der Waals surface area contributed by atoms with E-state index in [9.17, 15) is 10.1 Å². The molecule has 1 unspecified atom stereocenters. The zero-order valence-corrected chi connectivity index (χ0v) is 10.1. The summed E-state index contributed by atoms with van der Waals surface area (Å²) in [5, 5.41) is 14.4. The number of nitro benzene ring substituents is 1. The summed E-state index contributed by atoms with van der Waals surface area (Å²) in [6, 6.07) is 5.10. The summed E-state index contributed by atoms with van der Waals surface area (Å²) in [7, 11) is 1.87. The molecule has 0 aliphatic rings. The lowest BCUT2D eigenvalue weighted by atomic mass is 10.0. The Morgan fingerprint density at radius 2 is 2.25 bits per heavy atom. The van der Waals surface area contributed by atoms with Gasteiger partial charge in [-0.3, -0.25) is 10.1 Å². The van der Waals surface area contributed by atoms with Crippen LogP contribution in [-0.4, -0.2) is 18.0 Å². The second kappa shape index (κ2) is 5.82. The first kappa shape index (κ1) is 12.9. The Balaban J connectivity index is 2.88. The van der Waals surface area contributed by atoms with Crippen LogP contribution >= 0.6 is 11.6 Å². The average Bonchev–Trinajstić information content (AvgIpc) is 2.26. The molecule has 0 aromatic heterocycles. The Labute approximate surface area is 99.8 Å². The van der Waals surface area contributed by atoms with E-state index in [1.807, 2.05) is 14.0 Å². The maximum atomic E-state index is 10.8. The fourth-order valence-electron chi connectivity index (χ4n) is 1.47. The Morgan fingerprint density at radius 3 is 2.81 bits per heavy atom. The van der Waals surface area contributed by atoms with Gasteiger partial charge in [-0.2, -0.15) is 0 Å². The standard InChI is InChI=1S/C11H15ClN2O2/c1-8(13-2)6-7-9-10(12)4-3-5-11(9)14(15)16/h3-5,8,13H,6-7H2,1-2H3. The van der Waals surface area contributed by atoms with Gasteiger partial charge in [0, 0.05) is 17.7 Å². The van der Waals surface area contributed by atoms with Crippen molar-refractivity contribution < 1.29 is 4.92 Å². The molecule has 1 rings (SSSR count). The molecule has 0 saturated carbocycles. The molecule has 0 amide bonds. The summed E-state index contributed by atoms with van der Waals surface area (Å²) in [4.78, 5) is 10.4. The summed E-state index contributed by atoms with van der Waals surface area (Å²) in [6.45, 7) is 2.03. The van der Waals surface area contributed by atoms with Crippen LogP contribution in [0.5, 0.6) is 0 Å². The van der Waals surface area contributed by atoms with Crippen LogP contribution in [0.1, 0.15) is 18.9 Å². The maximum absolute atomic E-state index is 10.8. The molecular weight excluding hydrogens is 228 g/mol. The lowest BCUT2D eigenvalue weighted by Gasteiger charge is -2.10. The van der Waals surface area contributed by atoms with E-state index >= 15 is 0 Å². The molecule has 1 atom stereocenters. The van der Waals surface area contributed by atoms with Gasteiger partial charge in [-0.05, 0) is 32.9 Å². The predicted molar refractivity (Wildman–Crippen MR) is 64.9 cm³/mol. The van der Waals surface area contributed by atoms with Crippen molar-refractivity contribution in [3.63, 3.8) is 0 Å². The first-order valence-corrected chi connectivity index (χ1v) is 5.53. The van der Waals surface area contributed by atoms with Crippen LogP contribution in [0.15, 0.2) is 18.2 Å². The Kier molecular flexibility index (Phi) is 4.71. The van der Waals surface area contributed by atoms with Crippen LogP contribution in [0.3, 0.4) is 0 Å². The van der Waals surface area contributed by atoms with Crippen LogP contribution in [0, 0.1) is 10.1 Å². The number of nitrogens with one attached hydrogen (secondary N) is 1. The zero-order valence-electron chi connectivity index (χ0n) is 9.37. The van der Waals surface area contributed by atoms with Crippen LogP contribution < -0.4 is 5.32 Å².